The van der Waals surface area contributed by atoms with Crippen LogP contribution in [0.2, 0.25) is 0 Å². The Morgan fingerprint density at radius 1 is 0.439 bits per heavy atom. The monoisotopic (exact) mass is 658 g/mol. The van der Waals surface area contributed by atoms with Crippen molar-refractivity contribution in [1.29, 1.82) is 0 Å². The van der Waals surface area contributed by atoms with E-state index in [0.717, 1.165) is 42.3 Å². The van der Waals surface area contributed by atoms with Gasteiger partial charge in [-0.25, -0.2) is 0 Å². The molecule has 41 heavy (non-hydrogen) atoms. The minimum Gasteiger partial charge on any atom is -0.356 e. The minimum absolute atomic E-state index is 0.299. The van der Waals surface area contributed by atoms with E-state index < -0.39 is 0 Å². The summed E-state index contributed by atoms with van der Waals surface area (Å²) in [4.78, 5) is 0. The summed E-state index contributed by atoms with van der Waals surface area (Å²) >= 11 is 7.21. The third kappa shape index (κ3) is 5.99. The van der Waals surface area contributed by atoms with Gasteiger partial charge in [0.25, 0.3) is 0 Å². The molecule has 6 aromatic carbocycles. The molecule has 1 nitrogen and oxygen atoms in total. The lowest BCUT2D eigenvalue weighted by molar-refractivity contribution is 0.0310. The van der Waals surface area contributed by atoms with Gasteiger partial charge in [-0.1, -0.05) is 142 Å². The van der Waals surface area contributed by atoms with E-state index in [1.54, 1.807) is 0 Å². The van der Waals surface area contributed by atoms with Crippen LogP contribution in [0.15, 0.2) is 143 Å². The van der Waals surface area contributed by atoms with Gasteiger partial charge in [0.05, 0.1) is 0 Å². The first kappa shape index (κ1) is 27.4. The van der Waals surface area contributed by atoms with Crippen molar-refractivity contribution in [2.45, 2.75) is 12.2 Å². The summed E-state index contributed by atoms with van der Waals surface area (Å²) in [5.41, 5.74) is 6.53. The zero-order valence-corrected chi connectivity index (χ0v) is 25.6. The van der Waals surface area contributed by atoms with Crippen LogP contribution in [0.25, 0.3) is 33.7 Å². The molecule has 200 valence electrons. The van der Waals surface area contributed by atoms with Crippen LogP contribution < -0.4 is 0 Å². The van der Waals surface area contributed by atoms with Gasteiger partial charge in [0.2, 0.25) is 0 Å². The lowest BCUT2D eigenvalue weighted by Crippen LogP contribution is -2.13. The summed E-state index contributed by atoms with van der Waals surface area (Å²) in [6.07, 6.45) is 3.13. The maximum Gasteiger partial charge on any atom is 0.109 e. The van der Waals surface area contributed by atoms with E-state index in [1.807, 2.05) is 12.2 Å². The average Bonchev–Trinajstić information content (AvgIpc) is 3.01. The molecule has 0 aliphatic rings. The number of benzene rings is 6. The van der Waals surface area contributed by atoms with Crippen molar-refractivity contribution in [3.63, 3.8) is 0 Å². The van der Waals surface area contributed by atoms with Crippen molar-refractivity contribution < 1.29 is 4.74 Å². The van der Waals surface area contributed by atoms with Crippen molar-refractivity contribution in [2.75, 3.05) is 0 Å². The zero-order chi connectivity index (χ0) is 28.3. The zero-order valence-electron chi connectivity index (χ0n) is 22.4. The third-order valence-corrected chi connectivity index (χ3v) is 8.47. The fourth-order valence-corrected chi connectivity index (χ4v) is 6.00. The molecule has 2 atom stereocenters. The number of hydrogen-bond donors (Lipinski definition) is 0. The maximum atomic E-state index is 7.22. The predicted molar refractivity (Wildman–Crippen MR) is 181 cm³/mol. The van der Waals surface area contributed by atoms with Crippen molar-refractivity contribution in [3.8, 4) is 0 Å². The van der Waals surface area contributed by atoms with Gasteiger partial charge in [-0.15, -0.1) is 0 Å². The number of fused-ring (bicyclic) bond motifs is 2. The van der Waals surface area contributed by atoms with Crippen molar-refractivity contribution in [1.82, 2.24) is 0 Å². The van der Waals surface area contributed by atoms with E-state index in [1.165, 1.54) is 21.5 Å². The molecule has 0 saturated heterocycles. The summed E-state index contributed by atoms with van der Waals surface area (Å²) in [5.74, 6) is 0. The lowest BCUT2D eigenvalue weighted by atomic mass is 9.94. The van der Waals surface area contributed by atoms with Crippen LogP contribution in [-0.4, -0.2) is 0 Å². The Hall–Kier alpha value is -3.76. The highest BCUT2D eigenvalue weighted by Gasteiger charge is 2.24. The summed E-state index contributed by atoms with van der Waals surface area (Å²) in [6.45, 7) is 7.86. The molecule has 0 N–H and O–H groups in total. The van der Waals surface area contributed by atoms with Gasteiger partial charge in [-0.3, -0.25) is 0 Å². The van der Waals surface area contributed by atoms with E-state index in [9.17, 15) is 0 Å². The Bertz CT molecular complexity index is 1730. The second-order valence-electron chi connectivity index (χ2n) is 10.1. The molecule has 0 fully saturated rings. The first-order chi connectivity index (χ1) is 20.0. The molecule has 0 aliphatic heterocycles. The SMILES string of the molecule is C=Cc1ccc(C(OC(c2ccc(C=C)cc2)c2ccc3cc(Br)ccc3c2)c2ccc3cc(Br)ccc3c2)cc1. The molecule has 0 saturated carbocycles. The van der Waals surface area contributed by atoms with Crippen LogP contribution in [0, 0.1) is 0 Å². The predicted octanol–water partition coefficient (Wildman–Crippen LogP) is 11.7. The van der Waals surface area contributed by atoms with Gasteiger partial charge in [-0.05, 0) is 91.3 Å². The maximum absolute atomic E-state index is 7.22. The third-order valence-electron chi connectivity index (χ3n) is 7.48. The van der Waals surface area contributed by atoms with Crippen LogP contribution in [-0.2, 0) is 4.74 Å². The van der Waals surface area contributed by atoms with E-state index in [4.69, 9.17) is 4.74 Å². The highest BCUT2D eigenvalue weighted by Crippen LogP contribution is 2.38. The normalized spacial score (nSPS) is 12.7. The highest BCUT2D eigenvalue weighted by atomic mass is 79.9. The molecule has 0 radical (unpaired) electrons. The van der Waals surface area contributed by atoms with Crippen molar-refractivity contribution in [3.05, 3.63) is 177 Å². The number of ether oxygens (including phenoxy) is 1. The molecule has 2 unspecified atom stereocenters. The van der Waals surface area contributed by atoms with E-state index in [0.29, 0.717) is 0 Å². The Morgan fingerprint density at radius 3 is 1.17 bits per heavy atom. The molecular formula is C38H28Br2O. The Morgan fingerprint density at radius 2 is 0.780 bits per heavy atom. The molecule has 6 aromatic rings. The fourth-order valence-electron chi connectivity index (χ4n) is 5.25. The fraction of sp³-hybridized carbons (Fsp3) is 0.0526. The number of hydrogen-bond acceptors (Lipinski definition) is 1. The summed E-state index contributed by atoms with van der Waals surface area (Å²) < 4.78 is 9.35. The standard InChI is InChI=1S/C38H28Br2O/c1-3-25-5-9-27(10-6-25)37(33-15-13-31-23-35(39)19-17-29(31)21-33)41-38(28-11-7-26(4-2)8-12-28)34-16-14-32-24-36(40)20-18-30(32)22-34/h3-24,37-38H,1-2H2. The molecule has 0 amide bonds. The van der Waals surface area contributed by atoms with Gasteiger partial charge in [0.15, 0.2) is 0 Å². The summed E-state index contributed by atoms with van der Waals surface area (Å²) in [5, 5.41) is 4.71. The van der Waals surface area contributed by atoms with Crippen molar-refractivity contribution in [2.24, 2.45) is 0 Å². The quantitative estimate of drug-likeness (QED) is 0.158. The van der Waals surface area contributed by atoms with Gasteiger partial charge in [-0.2, -0.15) is 0 Å². The van der Waals surface area contributed by atoms with Gasteiger partial charge >= 0.3 is 0 Å². The average molecular weight is 660 g/mol. The first-order valence-corrected chi connectivity index (χ1v) is 15.1. The first-order valence-electron chi connectivity index (χ1n) is 13.5. The molecule has 3 heteroatoms. The second-order valence-corrected chi connectivity index (χ2v) is 12.0. The van der Waals surface area contributed by atoms with Gasteiger partial charge in [0, 0.05) is 8.95 Å². The Balaban J connectivity index is 1.49. The smallest absolute Gasteiger partial charge is 0.109 e. The molecule has 0 bridgehead atoms. The topological polar surface area (TPSA) is 9.23 Å². The van der Waals surface area contributed by atoms with Crippen LogP contribution in [0.4, 0.5) is 0 Å². The molecule has 0 aliphatic carbocycles. The van der Waals surface area contributed by atoms with Crippen LogP contribution >= 0.6 is 31.9 Å². The molecule has 6 rings (SSSR count). The molecule has 0 aromatic heterocycles. The van der Waals surface area contributed by atoms with Crippen LogP contribution in [0.1, 0.15) is 45.6 Å². The minimum atomic E-state index is -0.299. The Kier molecular flexibility index (Phi) is 8.02. The number of halogens is 2. The lowest BCUT2D eigenvalue weighted by Gasteiger charge is -2.27. The summed E-state index contributed by atoms with van der Waals surface area (Å²) in [6, 6.07) is 42.9. The Labute approximate surface area is 258 Å². The van der Waals surface area contributed by atoms with Crippen molar-refractivity contribution >= 4 is 65.6 Å². The van der Waals surface area contributed by atoms with Gasteiger partial charge in [0.1, 0.15) is 12.2 Å². The van der Waals surface area contributed by atoms with Crippen LogP contribution in [0.5, 0.6) is 0 Å². The number of rotatable bonds is 8. The second kappa shape index (κ2) is 12.0. The molecule has 0 spiro atoms. The highest BCUT2D eigenvalue weighted by molar-refractivity contribution is 9.10. The summed E-state index contributed by atoms with van der Waals surface area (Å²) in [7, 11) is 0. The molecule has 0 heterocycles. The van der Waals surface area contributed by atoms with E-state index >= 15 is 0 Å². The molecular weight excluding hydrogens is 632 g/mol. The van der Waals surface area contributed by atoms with E-state index in [2.05, 4.69) is 166 Å². The van der Waals surface area contributed by atoms with Gasteiger partial charge < -0.3 is 4.74 Å². The largest absolute Gasteiger partial charge is 0.356 e. The van der Waals surface area contributed by atoms with Crippen LogP contribution in [0.3, 0.4) is 0 Å². The van der Waals surface area contributed by atoms with E-state index in [-0.39, 0.29) is 12.2 Å².